The minimum absolute atomic E-state index is 0.0941. The van der Waals surface area contributed by atoms with Gasteiger partial charge in [0.05, 0.1) is 22.3 Å². The summed E-state index contributed by atoms with van der Waals surface area (Å²) in [6.45, 7) is 4.11. The highest BCUT2D eigenvalue weighted by Crippen LogP contribution is 2.29. The number of aromatic nitrogens is 2. The molecule has 26 heavy (non-hydrogen) atoms. The molecule has 1 amide bonds. The van der Waals surface area contributed by atoms with Gasteiger partial charge < -0.3 is 5.32 Å². The van der Waals surface area contributed by atoms with Crippen LogP contribution in [0.15, 0.2) is 47.8 Å². The number of amides is 1. The van der Waals surface area contributed by atoms with Gasteiger partial charge in [0.1, 0.15) is 5.01 Å². The molecule has 4 rings (SSSR count). The summed E-state index contributed by atoms with van der Waals surface area (Å²) in [5, 5.41) is 6.41. The van der Waals surface area contributed by atoms with Gasteiger partial charge in [-0.3, -0.25) is 4.79 Å². The number of carbonyl (C=O) groups excluding carboxylic acids is 1. The highest BCUT2D eigenvalue weighted by atomic mass is 32.1. The molecular weight excluding hydrogens is 362 g/mol. The van der Waals surface area contributed by atoms with Crippen LogP contribution in [0.25, 0.3) is 20.8 Å². The lowest BCUT2D eigenvalue weighted by atomic mass is 10.1. The number of anilines is 1. The molecule has 0 aliphatic rings. The van der Waals surface area contributed by atoms with Crippen molar-refractivity contribution in [3.8, 4) is 10.6 Å². The van der Waals surface area contributed by atoms with Crippen LogP contribution in [0.1, 0.15) is 16.8 Å². The first-order chi connectivity index (χ1) is 12.6. The Morgan fingerprint density at radius 3 is 2.73 bits per heavy atom. The molecule has 0 saturated heterocycles. The lowest BCUT2D eigenvalue weighted by Crippen LogP contribution is -2.14. The largest absolute Gasteiger partial charge is 0.302 e. The number of thiazole rings is 2. The molecule has 4 nitrogen and oxygen atoms in total. The average Bonchev–Trinajstić information content (AvgIpc) is 3.22. The summed E-state index contributed by atoms with van der Waals surface area (Å²) in [4.78, 5) is 21.5. The maximum atomic E-state index is 12.4. The van der Waals surface area contributed by atoms with Gasteiger partial charge in [-0.05, 0) is 31.0 Å². The minimum atomic E-state index is -0.0941. The summed E-state index contributed by atoms with van der Waals surface area (Å²) in [6.07, 6.45) is 0.247. The molecule has 6 heteroatoms. The third kappa shape index (κ3) is 3.52. The lowest BCUT2D eigenvalue weighted by molar-refractivity contribution is -0.115. The van der Waals surface area contributed by atoms with Crippen LogP contribution < -0.4 is 5.32 Å². The summed E-state index contributed by atoms with van der Waals surface area (Å²) < 4.78 is 1.10. The van der Waals surface area contributed by atoms with E-state index in [1.165, 1.54) is 16.9 Å². The van der Waals surface area contributed by atoms with E-state index in [1.807, 2.05) is 42.6 Å². The highest BCUT2D eigenvalue weighted by molar-refractivity contribution is 7.22. The first-order valence-corrected chi connectivity index (χ1v) is 9.95. The lowest BCUT2D eigenvalue weighted by Gasteiger charge is -1.99. The molecule has 0 bridgehead atoms. The zero-order valence-electron chi connectivity index (χ0n) is 14.4. The zero-order chi connectivity index (χ0) is 18.1. The van der Waals surface area contributed by atoms with Crippen LogP contribution in [0.3, 0.4) is 0 Å². The molecule has 1 N–H and O–H groups in total. The average molecular weight is 380 g/mol. The van der Waals surface area contributed by atoms with Crippen molar-refractivity contribution < 1.29 is 4.79 Å². The minimum Gasteiger partial charge on any atom is -0.302 e. The second kappa shape index (κ2) is 6.97. The number of benzene rings is 2. The Hall–Kier alpha value is -2.57. The van der Waals surface area contributed by atoms with Gasteiger partial charge in [-0.15, -0.1) is 11.3 Å². The monoisotopic (exact) mass is 379 g/mol. The number of fused-ring (bicyclic) bond motifs is 1. The van der Waals surface area contributed by atoms with Crippen molar-refractivity contribution in [2.24, 2.45) is 0 Å². The number of hydrogen-bond acceptors (Lipinski definition) is 5. The van der Waals surface area contributed by atoms with Crippen molar-refractivity contribution in [1.29, 1.82) is 0 Å². The van der Waals surface area contributed by atoms with Crippen LogP contribution in [0.2, 0.25) is 0 Å². The smallest absolute Gasteiger partial charge is 0.232 e. The predicted octanol–water partition coefficient (Wildman–Crippen LogP) is 5.22. The first-order valence-electron chi connectivity index (χ1n) is 8.26. The SMILES string of the molecule is Cc1cc(C)c2nc(NC(=O)Cc3csc(-c4ccccc4)n3)sc2c1. The fraction of sp³-hybridized carbons (Fsp3) is 0.150. The van der Waals surface area contributed by atoms with Crippen LogP contribution >= 0.6 is 22.7 Å². The van der Waals surface area contributed by atoms with Crippen molar-refractivity contribution in [1.82, 2.24) is 9.97 Å². The van der Waals surface area contributed by atoms with E-state index in [1.54, 1.807) is 11.3 Å². The normalized spacial score (nSPS) is 11.0. The van der Waals surface area contributed by atoms with Crippen LogP contribution in [0.5, 0.6) is 0 Å². The van der Waals surface area contributed by atoms with E-state index in [0.29, 0.717) is 5.13 Å². The molecule has 2 aromatic heterocycles. The van der Waals surface area contributed by atoms with Gasteiger partial charge >= 0.3 is 0 Å². The molecule has 130 valence electrons. The molecule has 0 aliphatic carbocycles. The summed E-state index contributed by atoms with van der Waals surface area (Å²) in [5.74, 6) is -0.0941. The molecule has 0 fully saturated rings. The Morgan fingerprint density at radius 1 is 1.12 bits per heavy atom. The molecule has 0 saturated carbocycles. The Bertz CT molecular complexity index is 1080. The van der Waals surface area contributed by atoms with E-state index < -0.39 is 0 Å². The molecule has 0 radical (unpaired) electrons. The maximum absolute atomic E-state index is 12.4. The summed E-state index contributed by atoms with van der Waals surface area (Å²) in [5.41, 5.74) is 5.13. The van der Waals surface area contributed by atoms with E-state index in [-0.39, 0.29) is 12.3 Å². The Morgan fingerprint density at radius 2 is 1.92 bits per heavy atom. The van der Waals surface area contributed by atoms with Crippen molar-refractivity contribution in [2.45, 2.75) is 20.3 Å². The number of hydrogen-bond donors (Lipinski definition) is 1. The van der Waals surface area contributed by atoms with Crippen LogP contribution in [0, 0.1) is 13.8 Å². The Kier molecular flexibility index (Phi) is 4.53. The van der Waals surface area contributed by atoms with Gasteiger partial charge in [-0.2, -0.15) is 0 Å². The van der Waals surface area contributed by atoms with Gasteiger partial charge in [-0.25, -0.2) is 9.97 Å². The first kappa shape index (κ1) is 16.9. The summed E-state index contributed by atoms with van der Waals surface area (Å²) >= 11 is 3.06. The van der Waals surface area contributed by atoms with E-state index in [9.17, 15) is 4.79 Å². The van der Waals surface area contributed by atoms with Crippen LogP contribution in [0.4, 0.5) is 5.13 Å². The number of nitrogens with one attached hydrogen (secondary N) is 1. The number of nitrogens with zero attached hydrogens (tertiary/aromatic N) is 2. The van der Waals surface area contributed by atoms with Crippen molar-refractivity contribution in [3.63, 3.8) is 0 Å². The van der Waals surface area contributed by atoms with Crippen molar-refractivity contribution >= 4 is 43.9 Å². The molecular formula is C20H17N3OS2. The quantitative estimate of drug-likeness (QED) is 0.529. The second-order valence-electron chi connectivity index (χ2n) is 6.18. The maximum Gasteiger partial charge on any atom is 0.232 e. The highest BCUT2D eigenvalue weighted by Gasteiger charge is 2.12. The Balaban J connectivity index is 1.48. The third-order valence-corrected chi connectivity index (χ3v) is 5.85. The second-order valence-corrected chi connectivity index (χ2v) is 8.07. The summed E-state index contributed by atoms with van der Waals surface area (Å²) in [6, 6.07) is 14.2. The van der Waals surface area contributed by atoms with Gasteiger partial charge in [-0.1, -0.05) is 47.7 Å². The fourth-order valence-corrected chi connectivity index (χ4v) is 4.74. The van der Waals surface area contributed by atoms with E-state index in [2.05, 4.69) is 34.3 Å². The van der Waals surface area contributed by atoms with Crippen LogP contribution in [-0.4, -0.2) is 15.9 Å². The van der Waals surface area contributed by atoms with Crippen LogP contribution in [-0.2, 0) is 11.2 Å². The van der Waals surface area contributed by atoms with E-state index in [4.69, 9.17) is 0 Å². The fourth-order valence-electron chi connectivity index (χ4n) is 2.85. The third-order valence-electron chi connectivity index (χ3n) is 3.99. The van der Waals surface area contributed by atoms with Gasteiger partial charge in [0.25, 0.3) is 0 Å². The van der Waals surface area contributed by atoms with Gasteiger partial charge in [0.15, 0.2) is 5.13 Å². The molecule has 0 aliphatic heterocycles. The van der Waals surface area contributed by atoms with E-state index in [0.717, 1.165) is 32.0 Å². The van der Waals surface area contributed by atoms with Gasteiger partial charge in [0, 0.05) is 10.9 Å². The molecule has 0 spiro atoms. The van der Waals surface area contributed by atoms with Crippen molar-refractivity contribution in [2.75, 3.05) is 5.32 Å². The molecule has 2 aromatic carbocycles. The zero-order valence-corrected chi connectivity index (χ0v) is 16.1. The number of carbonyl (C=O) groups is 1. The number of aryl methyl sites for hydroxylation is 2. The predicted molar refractivity (Wildman–Crippen MR) is 109 cm³/mol. The Labute approximate surface area is 159 Å². The number of rotatable bonds is 4. The molecule has 4 aromatic rings. The molecule has 2 heterocycles. The summed E-state index contributed by atoms with van der Waals surface area (Å²) in [7, 11) is 0. The standard InChI is InChI=1S/C20H17N3OS2/c1-12-8-13(2)18-16(9-12)26-20(23-18)22-17(24)10-15-11-25-19(21-15)14-6-4-3-5-7-14/h3-9,11H,10H2,1-2H3,(H,22,23,24). The van der Waals surface area contributed by atoms with Crippen molar-refractivity contribution in [3.05, 3.63) is 64.7 Å². The van der Waals surface area contributed by atoms with E-state index >= 15 is 0 Å². The molecule has 0 unspecified atom stereocenters. The topological polar surface area (TPSA) is 54.9 Å². The van der Waals surface area contributed by atoms with Gasteiger partial charge in [0.2, 0.25) is 5.91 Å². The molecule has 0 atom stereocenters.